The molecule has 10 heteroatoms. The first kappa shape index (κ1) is 29.0. The molecule has 40 heavy (non-hydrogen) atoms. The molecule has 0 aliphatic heterocycles. The van der Waals surface area contributed by atoms with E-state index in [0.29, 0.717) is 22.9 Å². The topological polar surface area (TPSA) is 107 Å². The van der Waals surface area contributed by atoms with Gasteiger partial charge in [-0.15, -0.1) is 5.92 Å². The van der Waals surface area contributed by atoms with Crippen LogP contribution in [-0.2, 0) is 27.8 Å². The molecule has 0 aliphatic carbocycles. The van der Waals surface area contributed by atoms with Crippen LogP contribution >= 0.6 is 11.6 Å². The predicted molar refractivity (Wildman–Crippen MR) is 155 cm³/mol. The highest BCUT2D eigenvalue weighted by molar-refractivity contribution is 7.89. The minimum atomic E-state index is -4.16. The van der Waals surface area contributed by atoms with Gasteiger partial charge in [0.05, 0.1) is 18.6 Å². The molecule has 0 amide bonds. The number of nitrogens with one attached hydrogen (secondary N) is 1. The third-order valence-electron chi connectivity index (χ3n) is 6.56. The second kappa shape index (κ2) is 12.5. The number of carboxylic acid groups (broad SMARTS) is 1. The molecule has 1 unspecified atom stereocenters. The molecule has 1 atom stereocenters. The highest BCUT2D eigenvalue weighted by Gasteiger charge is 2.28. The first-order chi connectivity index (χ1) is 19.1. The Morgan fingerprint density at radius 2 is 1.85 bits per heavy atom. The molecule has 1 aromatic heterocycles. The van der Waals surface area contributed by atoms with Crippen LogP contribution in [0.3, 0.4) is 0 Å². The van der Waals surface area contributed by atoms with Crippen molar-refractivity contribution in [3.05, 3.63) is 88.6 Å². The summed E-state index contributed by atoms with van der Waals surface area (Å²) < 4.78 is 41.7. The van der Waals surface area contributed by atoms with Crippen LogP contribution in [-0.4, -0.2) is 43.8 Å². The summed E-state index contributed by atoms with van der Waals surface area (Å²) in [4.78, 5) is 12.2. The number of para-hydroxylation sites is 1. The number of ether oxygens (including phenoxy) is 2. The maximum atomic E-state index is 13.2. The highest BCUT2D eigenvalue weighted by atomic mass is 35.5. The lowest BCUT2D eigenvalue weighted by Gasteiger charge is -2.16. The fraction of sp³-hybridized carbons (Fsp3) is 0.233. The van der Waals surface area contributed by atoms with Crippen LogP contribution in [0.2, 0.25) is 5.02 Å². The van der Waals surface area contributed by atoms with E-state index in [-0.39, 0.29) is 17.9 Å². The van der Waals surface area contributed by atoms with Crippen molar-refractivity contribution in [1.29, 1.82) is 0 Å². The number of halogens is 1. The van der Waals surface area contributed by atoms with Gasteiger partial charge in [0.15, 0.2) is 0 Å². The molecule has 4 rings (SSSR count). The van der Waals surface area contributed by atoms with Crippen molar-refractivity contribution in [2.45, 2.75) is 37.8 Å². The number of hydrogen-bond acceptors (Lipinski definition) is 5. The molecule has 0 fully saturated rings. The van der Waals surface area contributed by atoms with Crippen molar-refractivity contribution >= 4 is 38.5 Å². The van der Waals surface area contributed by atoms with Gasteiger partial charge in [-0.3, -0.25) is 4.79 Å². The molecule has 0 bridgehead atoms. The lowest BCUT2D eigenvalue weighted by Crippen LogP contribution is -2.42. The van der Waals surface area contributed by atoms with E-state index in [1.165, 1.54) is 24.3 Å². The molecule has 0 saturated heterocycles. The van der Waals surface area contributed by atoms with Gasteiger partial charge in [0.1, 0.15) is 24.1 Å². The molecule has 0 saturated carbocycles. The van der Waals surface area contributed by atoms with E-state index < -0.39 is 22.0 Å². The van der Waals surface area contributed by atoms with Gasteiger partial charge in [-0.2, -0.15) is 4.72 Å². The number of aromatic nitrogens is 1. The van der Waals surface area contributed by atoms with Crippen molar-refractivity contribution < 1.29 is 27.8 Å². The van der Waals surface area contributed by atoms with Crippen molar-refractivity contribution in [1.82, 2.24) is 9.29 Å². The summed E-state index contributed by atoms with van der Waals surface area (Å²) in [5.74, 6) is 5.35. The zero-order valence-electron chi connectivity index (χ0n) is 22.3. The fourth-order valence-corrected chi connectivity index (χ4v) is 5.90. The van der Waals surface area contributed by atoms with Gasteiger partial charge in [-0.25, -0.2) is 8.42 Å². The van der Waals surface area contributed by atoms with Crippen molar-refractivity contribution in [3.8, 4) is 23.3 Å². The molecule has 8 nitrogen and oxygen atoms in total. The SMILES string of the molecule is CC#CCOc1ccc(S(=O)(=O)NC(Cc2c(C)n(Cc3ccccc3OC)c3ccc(Cl)cc23)C(=O)O)cc1. The van der Waals surface area contributed by atoms with Gasteiger partial charge in [0.2, 0.25) is 10.0 Å². The van der Waals surface area contributed by atoms with Gasteiger partial charge in [0, 0.05) is 33.6 Å². The lowest BCUT2D eigenvalue weighted by atomic mass is 10.0. The highest BCUT2D eigenvalue weighted by Crippen LogP contribution is 2.32. The summed E-state index contributed by atoms with van der Waals surface area (Å²) >= 11 is 6.32. The smallest absolute Gasteiger partial charge is 0.322 e. The number of hydrogen-bond donors (Lipinski definition) is 2. The molecule has 0 radical (unpaired) electrons. The van der Waals surface area contributed by atoms with Crippen LogP contribution in [0.1, 0.15) is 23.7 Å². The molecule has 0 spiro atoms. The van der Waals surface area contributed by atoms with E-state index in [4.69, 9.17) is 21.1 Å². The Hall–Kier alpha value is -3.97. The van der Waals surface area contributed by atoms with Gasteiger partial charge in [-0.1, -0.05) is 35.7 Å². The summed E-state index contributed by atoms with van der Waals surface area (Å²) in [5, 5.41) is 11.3. The number of carboxylic acids is 1. The molecule has 1 heterocycles. The summed E-state index contributed by atoms with van der Waals surface area (Å²) in [6.45, 7) is 4.22. The Labute approximate surface area is 238 Å². The van der Waals surface area contributed by atoms with Gasteiger partial charge in [-0.05, 0) is 67.9 Å². The quantitative estimate of drug-likeness (QED) is 0.241. The number of methoxy groups -OCH3 is 1. The van der Waals surface area contributed by atoms with Crippen molar-refractivity contribution in [3.63, 3.8) is 0 Å². The third kappa shape index (κ3) is 6.42. The number of benzene rings is 3. The maximum Gasteiger partial charge on any atom is 0.322 e. The normalized spacial score (nSPS) is 12.0. The van der Waals surface area contributed by atoms with E-state index in [2.05, 4.69) is 16.6 Å². The largest absolute Gasteiger partial charge is 0.496 e. The summed E-state index contributed by atoms with van der Waals surface area (Å²) in [7, 11) is -2.55. The van der Waals surface area contributed by atoms with Crippen LogP contribution in [0.25, 0.3) is 10.9 Å². The number of carbonyl (C=O) groups is 1. The summed E-state index contributed by atoms with van der Waals surface area (Å²) in [5.41, 5.74) is 3.27. The van der Waals surface area contributed by atoms with Crippen LogP contribution in [0, 0.1) is 18.8 Å². The third-order valence-corrected chi connectivity index (χ3v) is 8.29. The minimum Gasteiger partial charge on any atom is -0.496 e. The minimum absolute atomic E-state index is 0.0777. The molecule has 4 aromatic rings. The molecular formula is C30H29ClN2O6S. The Balaban J connectivity index is 1.66. The van der Waals surface area contributed by atoms with Crippen molar-refractivity contribution in [2.24, 2.45) is 0 Å². The summed E-state index contributed by atoms with van der Waals surface area (Å²) in [6.07, 6.45) is -0.0902. The maximum absolute atomic E-state index is 13.2. The Morgan fingerprint density at radius 1 is 1.12 bits per heavy atom. The zero-order chi connectivity index (χ0) is 28.9. The Bertz CT molecular complexity index is 1700. The molecule has 208 valence electrons. The number of sulfonamides is 1. The van der Waals surface area contributed by atoms with E-state index >= 15 is 0 Å². The predicted octanol–water partition coefficient (Wildman–Crippen LogP) is 5.04. The average Bonchev–Trinajstić information content (AvgIpc) is 3.18. The average molecular weight is 581 g/mol. The number of nitrogens with zero attached hydrogens (tertiary/aromatic N) is 1. The van der Waals surface area contributed by atoms with Gasteiger partial charge in [0.25, 0.3) is 0 Å². The lowest BCUT2D eigenvalue weighted by molar-refractivity contribution is -0.138. The van der Waals surface area contributed by atoms with Gasteiger partial charge < -0.3 is 19.1 Å². The van der Waals surface area contributed by atoms with Gasteiger partial charge >= 0.3 is 5.97 Å². The van der Waals surface area contributed by atoms with Crippen molar-refractivity contribution in [2.75, 3.05) is 13.7 Å². The van der Waals surface area contributed by atoms with E-state index in [0.717, 1.165) is 27.9 Å². The number of fused-ring (bicyclic) bond motifs is 1. The van der Waals surface area contributed by atoms with E-state index in [1.807, 2.05) is 41.8 Å². The Morgan fingerprint density at radius 3 is 2.52 bits per heavy atom. The first-order valence-corrected chi connectivity index (χ1v) is 14.3. The zero-order valence-corrected chi connectivity index (χ0v) is 23.8. The Kier molecular flexibility index (Phi) is 9.05. The number of aliphatic carboxylic acids is 1. The second-order valence-electron chi connectivity index (χ2n) is 9.03. The number of rotatable bonds is 11. The van der Waals surface area contributed by atoms with Crippen LogP contribution in [0.15, 0.2) is 71.6 Å². The van der Waals surface area contributed by atoms with Crippen LogP contribution in [0.4, 0.5) is 0 Å². The van der Waals surface area contributed by atoms with Crippen LogP contribution < -0.4 is 14.2 Å². The molecule has 0 aliphatic rings. The molecule has 3 aromatic carbocycles. The molecule has 2 N–H and O–H groups in total. The fourth-order valence-electron chi connectivity index (χ4n) is 4.53. The monoisotopic (exact) mass is 580 g/mol. The van der Waals surface area contributed by atoms with E-state index in [1.54, 1.807) is 26.2 Å². The van der Waals surface area contributed by atoms with Crippen LogP contribution in [0.5, 0.6) is 11.5 Å². The molecular weight excluding hydrogens is 552 g/mol. The standard InChI is InChI=1S/C30H29ClN2O6S/c1-4-5-16-39-23-11-13-24(14-12-23)40(36,37)32-27(30(34)35)18-25-20(2)33(28-15-10-22(31)17-26(25)28)19-21-8-6-7-9-29(21)38-3/h6-15,17,27,32H,16,18-19H2,1-3H3,(H,34,35). The van der Waals surface area contributed by atoms with E-state index in [9.17, 15) is 18.3 Å². The second-order valence-corrected chi connectivity index (χ2v) is 11.2. The summed E-state index contributed by atoms with van der Waals surface area (Å²) in [6, 6.07) is 17.4. The first-order valence-electron chi connectivity index (χ1n) is 12.4.